The summed E-state index contributed by atoms with van der Waals surface area (Å²) in [6, 6.07) is 6.27. The number of para-hydroxylation sites is 1. The summed E-state index contributed by atoms with van der Waals surface area (Å²) >= 11 is 0. The third kappa shape index (κ3) is 3.33. The van der Waals surface area contributed by atoms with E-state index < -0.39 is 0 Å². The Morgan fingerprint density at radius 3 is 2.55 bits per heavy atom. The maximum atomic E-state index is 5.78. The molecule has 0 radical (unpaired) electrons. The number of ether oxygens (including phenoxy) is 1. The standard InChI is InChI=1S/C14H14N2O.C2H7N/c1-10-15-8-12(9-16-10)13-6-2-4-11-5-3-7-17-14(11)13;1-3-2/h2,4,6,8-9H,3,5,7H2,1H3;3H,1-2H3. The quantitative estimate of drug-likeness (QED) is 0.866. The van der Waals surface area contributed by atoms with Gasteiger partial charge in [0.2, 0.25) is 0 Å². The van der Waals surface area contributed by atoms with Gasteiger partial charge >= 0.3 is 0 Å². The van der Waals surface area contributed by atoms with Crippen LogP contribution in [0, 0.1) is 6.92 Å². The van der Waals surface area contributed by atoms with Crippen LogP contribution in [0.4, 0.5) is 0 Å². The van der Waals surface area contributed by atoms with E-state index >= 15 is 0 Å². The fraction of sp³-hybridized carbons (Fsp3) is 0.375. The van der Waals surface area contributed by atoms with Gasteiger partial charge in [-0.05, 0) is 39.4 Å². The van der Waals surface area contributed by atoms with E-state index in [1.165, 1.54) is 5.56 Å². The molecule has 4 nitrogen and oxygen atoms in total. The van der Waals surface area contributed by atoms with Crippen molar-refractivity contribution in [3.8, 4) is 16.9 Å². The highest BCUT2D eigenvalue weighted by molar-refractivity contribution is 5.71. The summed E-state index contributed by atoms with van der Waals surface area (Å²) in [4.78, 5) is 8.48. The van der Waals surface area contributed by atoms with E-state index in [4.69, 9.17) is 4.74 Å². The first-order chi connectivity index (χ1) is 9.76. The van der Waals surface area contributed by atoms with E-state index in [2.05, 4.69) is 33.5 Å². The van der Waals surface area contributed by atoms with Crippen LogP contribution >= 0.6 is 0 Å². The van der Waals surface area contributed by atoms with Crippen molar-refractivity contribution in [3.05, 3.63) is 42.0 Å². The minimum Gasteiger partial charge on any atom is -0.493 e. The van der Waals surface area contributed by atoms with Gasteiger partial charge in [-0.15, -0.1) is 0 Å². The third-order valence-corrected chi connectivity index (χ3v) is 3.03. The molecular formula is C16H21N3O. The molecule has 0 spiro atoms. The Labute approximate surface area is 120 Å². The fourth-order valence-corrected chi connectivity index (χ4v) is 2.15. The molecule has 2 heterocycles. The van der Waals surface area contributed by atoms with Gasteiger partial charge in [-0.2, -0.15) is 0 Å². The number of aromatic nitrogens is 2. The van der Waals surface area contributed by atoms with Gasteiger partial charge in [0.05, 0.1) is 6.61 Å². The van der Waals surface area contributed by atoms with Crippen LogP contribution in [0.1, 0.15) is 17.8 Å². The Bertz CT molecular complexity index is 552. The lowest BCUT2D eigenvalue weighted by Gasteiger charge is -2.20. The molecule has 4 heteroatoms. The first-order valence-electron chi connectivity index (χ1n) is 6.88. The zero-order valence-corrected chi connectivity index (χ0v) is 12.3. The molecule has 0 bridgehead atoms. The highest BCUT2D eigenvalue weighted by Gasteiger charge is 2.15. The summed E-state index contributed by atoms with van der Waals surface area (Å²) in [5.74, 6) is 1.80. The second-order valence-corrected chi connectivity index (χ2v) is 4.76. The van der Waals surface area contributed by atoms with E-state index in [1.54, 1.807) is 0 Å². The van der Waals surface area contributed by atoms with Gasteiger partial charge in [-0.25, -0.2) is 9.97 Å². The molecule has 0 fully saturated rings. The molecule has 0 unspecified atom stereocenters. The fourth-order valence-electron chi connectivity index (χ4n) is 2.15. The van der Waals surface area contributed by atoms with Gasteiger partial charge in [-0.1, -0.05) is 18.2 Å². The van der Waals surface area contributed by atoms with Crippen molar-refractivity contribution in [2.75, 3.05) is 20.7 Å². The van der Waals surface area contributed by atoms with Gasteiger partial charge in [0.1, 0.15) is 11.6 Å². The molecule has 1 aromatic carbocycles. The van der Waals surface area contributed by atoms with Crippen LogP contribution in [0.25, 0.3) is 11.1 Å². The summed E-state index contributed by atoms with van der Waals surface area (Å²) in [6.45, 7) is 2.69. The van der Waals surface area contributed by atoms with Crippen molar-refractivity contribution in [1.82, 2.24) is 15.3 Å². The molecule has 1 aliphatic heterocycles. The van der Waals surface area contributed by atoms with Gasteiger partial charge in [-0.3, -0.25) is 0 Å². The van der Waals surface area contributed by atoms with Crippen LogP contribution in [0.2, 0.25) is 0 Å². The number of nitrogens with zero attached hydrogens (tertiary/aromatic N) is 2. The van der Waals surface area contributed by atoms with Crippen molar-refractivity contribution in [2.24, 2.45) is 0 Å². The molecule has 0 saturated heterocycles. The molecule has 20 heavy (non-hydrogen) atoms. The molecular weight excluding hydrogens is 250 g/mol. The van der Waals surface area contributed by atoms with E-state index in [9.17, 15) is 0 Å². The van der Waals surface area contributed by atoms with Crippen LogP contribution in [-0.4, -0.2) is 30.7 Å². The van der Waals surface area contributed by atoms with Crippen LogP contribution in [0.5, 0.6) is 5.75 Å². The van der Waals surface area contributed by atoms with Crippen molar-refractivity contribution in [2.45, 2.75) is 19.8 Å². The average Bonchev–Trinajstić information content (AvgIpc) is 2.48. The zero-order valence-electron chi connectivity index (χ0n) is 12.3. The Balaban J connectivity index is 0.000000452. The molecule has 1 aromatic heterocycles. The van der Waals surface area contributed by atoms with E-state index in [-0.39, 0.29) is 0 Å². The van der Waals surface area contributed by atoms with Crippen molar-refractivity contribution < 1.29 is 4.74 Å². The summed E-state index contributed by atoms with van der Waals surface area (Å²) in [5.41, 5.74) is 3.41. The molecule has 0 amide bonds. The van der Waals surface area contributed by atoms with Crippen LogP contribution < -0.4 is 10.1 Å². The number of aryl methyl sites for hydroxylation is 2. The molecule has 3 rings (SSSR count). The zero-order chi connectivity index (χ0) is 14.4. The number of benzene rings is 1. The van der Waals surface area contributed by atoms with E-state index in [1.807, 2.05) is 33.4 Å². The monoisotopic (exact) mass is 271 g/mol. The summed E-state index contributed by atoms with van der Waals surface area (Å²) in [7, 11) is 3.75. The van der Waals surface area contributed by atoms with Gasteiger partial charge in [0.15, 0.2) is 0 Å². The van der Waals surface area contributed by atoms with E-state index in [0.29, 0.717) is 0 Å². The average molecular weight is 271 g/mol. The number of rotatable bonds is 1. The molecule has 0 atom stereocenters. The Morgan fingerprint density at radius 2 is 1.85 bits per heavy atom. The van der Waals surface area contributed by atoms with Crippen molar-refractivity contribution in [1.29, 1.82) is 0 Å². The lowest BCUT2D eigenvalue weighted by Crippen LogP contribution is -2.09. The first kappa shape index (κ1) is 14.5. The van der Waals surface area contributed by atoms with Gasteiger partial charge in [0.25, 0.3) is 0 Å². The Morgan fingerprint density at radius 1 is 1.15 bits per heavy atom. The summed E-state index contributed by atoms with van der Waals surface area (Å²) in [5, 5.41) is 2.75. The normalized spacial score (nSPS) is 12.8. The summed E-state index contributed by atoms with van der Waals surface area (Å²) < 4.78 is 5.78. The molecule has 1 aliphatic rings. The predicted octanol–water partition coefficient (Wildman–Crippen LogP) is 2.61. The largest absolute Gasteiger partial charge is 0.493 e. The maximum absolute atomic E-state index is 5.78. The Hall–Kier alpha value is -1.94. The van der Waals surface area contributed by atoms with Crippen LogP contribution in [-0.2, 0) is 6.42 Å². The molecule has 1 N–H and O–H groups in total. The number of nitrogens with one attached hydrogen (secondary N) is 1. The second kappa shape index (κ2) is 7.01. The van der Waals surface area contributed by atoms with Gasteiger partial charge in [0, 0.05) is 23.5 Å². The topological polar surface area (TPSA) is 47.0 Å². The highest BCUT2D eigenvalue weighted by atomic mass is 16.5. The molecule has 0 saturated carbocycles. The molecule has 106 valence electrons. The minimum atomic E-state index is 0.791. The maximum Gasteiger partial charge on any atom is 0.130 e. The number of fused-ring (bicyclic) bond motifs is 1. The minimum absolute atomic E-state index is 0.791. The molecule has 2 aromatic rings. The van der Waals surface area contributed by atoms with Crippen molar-refractivity contribution in [3.63, 3.8) is 0 Å². The van der Waals surface area contributed by atoms with Crippen LogP contribution in [0.3, 0.4) is 0 Å². The number of hydrogen-bond donors (Lipinski definition) is 1. The van der Waals surface area contributed by atoms with Crippen LogP contribution in [0.15, 0.2) is 30.6 Å². The summed E-state index contributed by atoms with van der Waals surface area (Å²) in [6.07, 6.45) is 5.91. The molecule has 0 aliphatic carbocycles. The lowest BCUT2D eigenvalue weighted by molar-refractivity contribution is 0.289. The van der Waals surface area contributed by atoms with Crippen molar-refractivity contribution >= 4 is 0 Å². The lowest BCUT2D eigenvalue weighted by atomic mass is 9.99. The SMILES string of the molecule is CNC.Cc1ncc(-c2cccc3c2OCCC3)cn1. The first-order valence-corrected chi connectivity index (χ1v) is 6.88. The second-order valence-electron chi connectivity index (χ2n) is 4.76. The Kier molecular flexibility index (Phi) is 5.07. The van der Waals surface area contributed by atoms with Gasteiger partial charge < -0.3 is 10.1 Å². The smallest absolute Gasteiger partial charge is 0.130 e. The van der Waals surface area contributed by atoms with E-state index in [0.717, 1.165) is 42.1 Å². The number of hydrogen-bond acceptors (Lipinski definition) is 4. The highest BCUT2D eigenvalue weighted by Crippen LogP contribution is 2.35. The predicted molar refractivity (Wildman–Crippen MR) is 81.0 cm³/mol. The third-order valence-electron chi connectivity index (χ3n) is 3.03.